The van der Waals surface area contributed by atoms with Crippen molar-refractivity contribution >= 4 is 17.5 Å². The molecule has 2 heterocycles. The van der Waals surface area contributed by atoms with Crippen molar-refractivity contribution in [3.63, 3.8) is 0 Å². The number of alkyl halides is 3. The molecule has 6 nitrogen and oxygen atoms in total. The van der Waals surface area contributed by atoms with E-state index in [1.807, 2.05) is 11.8 Å². The predicted molar refractivity (Wildman–Crippen MR) is 102 cm³/mol. The molecular weight excluding hydrogens is 428 g/mol. The molecule has 3 rings (SSSR count). The summed E-state index contributed by atoms with van der Waals surface area (Å²) in [5, 5.41) is 6.00. The molecule has 0 saturated carbocycles. The molecule has 1 aromatic heterocycles. The van der Waals surface area contributed by atoms with Crippen molar-refractivity contribution < 1.29 is 27.1 Å². The predicted octanol–water partition coefficient (Wildman–Crippen LogP) is 3.42. The van der Waals surface area contributed by atoms with Crippen LogP contribution in [0.15, 0.2) is 24.4 Å². The average molecular weight is 449 g/mol. The van der Waals surface area contributed by atoms with Gasteiger partial charge in [0, 0.05) is 43.5 Å². The van der Waals surface area contributed by atoms with Crippen LogP contribution in [0.2, 0.25) is 5.02 Å². The number of benzene rings is 1. The van der Waals surface area contributed by atoms with Crippen LogP contribution < -0.4 is 5.32 Å². The third-order valence-corrected chi connectivity index (χ3v) is 5.17. The fourth-order valence-corrected chi connectivity index (χ4v) is 3.81. The van der Waals surface area contributed by atoms with Gasteiger partial charge in [-0.1, -0.05) is 17.7 Å². The van der Waals surface area contributed by atoms with E-state index in [2.05, 4.69) is 10.4 Å². The standard InChI is InChI=1S/C19H21ClF4N4O2/c1-11-9-28(6-7-30-11)15(16-13(20)4-3-5-14(16)21)8-25-18(29)12-10-27(2)26-17(12)19(22,23)24/h3-5,10-11,15H,6-9H2,1-2H3,(H,25,29). The van der Waals surface area contributed by atoms with E-state index in [0.29, 0.717) is 19.7 Å². The minimum absolute atomic E-state index is 0.127. The van der Waals surface area contributed by atoms with E-state index in [1.54, 1.807) is 0 Å². The lowest BCUT2D eigenvalue weighted by atomic mass is 10.0. The van der Waals surface area contributed by atoms with Crippen LogP contribution in [0.25, 0.3) is 0 Å². The summed E-state index contributed by atoms with van der Waals surface area (Å²) in [4.78, 5) is 14.4. The fourth-order valence-electron chi connectivity index (χ4n) is 3.52. The van der Waals surface area contributed by atoms with Crippen molar-refractivity contribution in [3.8, 4) is 0 Å². The van der Waals surface area contributed by atoms with Gasteiger partial charge in [0.05, 0.1) is 24.3 Å². The van der Waals surface area contributed by atoms with Crippen molar-refractivity contribution in [3.05, 3.63) is 52.1 Å². The number of hydrogen-bond acceptors (Lipinski definition) is 4. The highest BCUT2D eigenvalue weighted by Gasteiger charge is 2.39. The molecule has 0 aliphatic carbocycles. The van der Waals surface area contributed by atoms with Gasteiger partial charge in [0.1, 0.15) is 5.82 Å². The average Bonchev–Trinajstić information content (AvgIpc) is 3.06. The molecule has 0 bridgehead atoms. The first-order valence-electron chi connectivity index (χ1n) is 9.26. The zero-order valence-corrected chi connectivity index (χ0v) is 17.1. The number of aryl methyl sites for hydroxylation is 1. The highest BCUT2D eigenvalue weighted by atomic mass is 35.5. The summed E-state index contributed by atoms with van der Waals surface area (Å²) in [5.41, 5.74) is -1.70. The van der Waals surface area contributed by atoms with Crippen LogP contribution in [-0.2, 0) is 18.0 Å². The lowest BCUT2D eigenvalue weighted by molar-refractivity contribution is -0.141. The second kappa shape index (κ2) is 8.91. The smallest absolute Gasteiger partial charge is 0.376 e. The number of halogens is 5. The SMILES string of the molecule is CC1CN(C(CNC(=O)c2cn(C)nc2C(F)(F)F)c2c(F)cccc2Cl)CCO1. The number of rotatable bonds is 5. The molecule has 1 aliphatic rings. The Labute approximate surface area is 175 Å². The molecule has 1 saturated heterocycles. The molecule has 30 heavy (non-hydrogen) atoms. The fraction of sp³-hybridized carbons (Fsp3) is 0.474. The maximum atomic E-state index is 14.6. The van der Waals surface area contributed by atoms with Gasteiger partial charge in [0.2, 0.25) is 0 Å². The van der Waals surface area contributed by atoms with Gasteiger partial charge < -0.3 is 10.1 Å². The first kappa shape index (κ1) is 22.5. The molecule has 2 unspecified atom stereocenters. The number of carbonyl (C=O) groups is 1. The Bertz CT molecular complexity index is 898. The monoisotopic (exact) mass is 448 g/mol. The molecular formula is C19H21ClF4N4O2. The van der Waals surface area contributed by atoms with Gasteiger partial charge in [0.25, 0.3) is 5.91 Å². The molecule has 0 spiro atoms. The maximum absolute atomic E-state index is 14.6. The summed E-state index contributed by atoms with van der Waals surface area (Å²) in [6.07, 6.45) is -3.90. The third kappa shape index (κ3) is 4.93. The van der Waals surface area contributed by atoms with Crippen molar-refractivity contribution in [1.82, 2.24) is 20.0 Å². The van der Waals surface area contributed by atoms with Gasteiger partial charge in [-0.2, -0.15) is 18.3 Å². The molecule has 0 radical (unpaired) electrons. The Morgan fingerprint density at radius 2 is 2.17 bits per heavy atom. The van der Waals surface area contributed by atoms with E-state index < -0.39 is 35.2 Å². The van der Waals surface area contributed by atoms with Gasteiger partial charge in [-0.15, -0.1) is 0 Å². The molecule has 1 N–H and O–H groups in total. The van der Waals surface area contributed by atoms with Crippen molar-refractivity contribution in [2.75, 3.05) is 26.2 Å². The highest BCUT2D eigenvalue weighted by molar-refractivity contribution is 6.31. The van der Waals surface area contributed by atoms with E-state index in [4.69, 9.17) is 16.3 Å². The number of hydrogen-bond donors (Lipinski definition) is 1. The van der Waals surface area contributed by atoms with Crippen LogP contribution in [0.1, 0.15) is 34.6 Å². The van der Waals surface area contributed by atoms with Crippen LogP contribution in [0.3, 0.4) is 0 Å². The number of nitrogens with zero attached hydrogens (tertiary/aromatic N) is 3. The number of nitrogens with one attached hydrogen (secondary N) is 1. The number of aromatic nitrogens is 2. The quantitative estimate of drug-likeness (QED) is 0.712. The topological polar surface area (TPSA) is 59.4 Å². The van der Waals surface area contributed by atoms with Crippen LogP contribution in [0.5, 0.6) is 0 Å². The molecule has 1 aromatic carbocycles. The molecule has 2 atom stereocenters. The first-order chi connectivity index (χ1) is 14.1. The first-order valence-corrected chi connectivity index (χ1v) is 9.64. The van der Waals surface area contributed by atoms with Crippen LogP contribution >= 0.6 is 11.6 Å². The number of morpholine rings is 1. The Hall–Kier alpha value is -2.17. The molecule has 1 amide bonds. The maximum Gasteiger partial charge on any atom is 0.435 e. The normalized spacial score (nSPS) is 19.0. The number of amides is 1. The lowest BCUT2D eigenvalue weighted by Gasteiger charge is -2.38. The van der Waals surface area contributed by atoms with Gasteiger partial charge in [-0.3, -0.25) is 14.4 Å². The number of carbonyl (C=O) groups excluding carboxylic acids is 1. The molecule has 164 valence electrons. The highest BCUT2D eigenvalue weighted by Crippen LogP contribution is 2.32. The van der Waals surface area contributed by atoms with Crippen molar-refractivity contribution in [1.29, 1.82) is 0 Å². The van der Waals surface area contributed by atoms with Crippen molar-refractivity contribution in [2.24, 2.45) is 7.05 Å². The molecule has 2 aromatic rings. The van der Waals surface area contributed by atoms with Crippen LogP contribution in [0, 0.1) is 5.82 Å². The van der Waals surface area contributed by atoms with Gasteiger partial charge >= 0.3 is 6.18 Å². The second-order valence-electron chi connectivity index (χ2n) is 7.10. The van der Waals surface area contributed by atoms with E-state index in [-0.39, 0.29) is 23.2 Å². The lowest BCUT2D eigenvalue weighted by Crippen LogP contribution is -2.47. The third-order valence-electron chi connectivity index (χ3n) is 4.84. The molecule has 11 heteroatoms. The Kier molecular flexibility index (Phi) is 6.68. The summed E-state index contributed by atoms with van der Waals surface area (Å²) in [6.45, 7) is 3.02. The van der Waals surface area contributed by atoms with Gasteiger partial charge in [0.15, 0.2) is 5.69 Å². The summed E-state index contributed by atoms with van der Waals surface area (Å²) in [6, 6.07) is 3.56. The minimum Gasteiger partial charge on any atom is -0.376 e. The summed E-state index contributed by atoms with van der Waals surface area (Å²) >= 11 is 6.23. The Morgan fingerprint density at radius 1 is 1.43 bits per heavy atom. The zero-order chi connectivity index (χ0) is 22.1. The molecule has 1 aliphatic heterocycles. The Balaban J connectivity index is 1.87. The Morgan fingerprint density at radius 3 is 2.80 bits per heavy atom. The molecule has 1 fully saturated rings. The largest absolute Gasteiger partial charge is 0.435 e. The van der Waals surface area contributed by atoms with Crippen molar-refractivity contribution in [2.45, 2.75) is 25.2 Å². The summed E-state index contributed by atoms with van der Waals surface area (Å²) < 4.78 is 60.6. The zero-order valence-electron chi connectivity index (χ0n) is 16.3. The minimum atomic E-state index is -4.78. The van der Waals surface area contributed by atoms with E-state index in [0.717, 1.165) is 10.9 Å². The van der Waals surface area contributed by atoms with Crippen LogP contribution in [-0.4, -0.2) is 52.9 Å². The summed E-state index contributed by atoms with van der Waals surface area (Å²) in [7, 11) is 1.29. The van der Waals surface area contributed by atoms with Gasteiger partial charge in [-0.05, 0) is 19.1 Å². The van der Waals surface area contributed by atoms with E-state index >= 15 is 0 Å². The van der Waals surface area contributed by atoms with E-state index in [9.17, 15) is 22.4 Å². The van der Waals surface area contributed by atoms with Crippen LogP contribution in [0.4, 0.5) is 17.6 Å². The van der Waals surface area contributed by atoms with Gasteiger partial charge in [-0.25, -0.2) is 4.39 Å². The summed E-state index contributed by atoms with van der Waals surface area (Å²) in [5.74, 6) is -1.51. The second-order valence-corrected chi connectivity index (χ2v) is 7.51. The van der Waals surface area contributed by atoms with E-state index in [1.165, 1.54) is 25.2 Å². The number of ether oxygens (including phenoxy) is 1.